The Morgan fingerprint density at radius 2 is 0.280 bits per heavy atom. The molecule has 8 nitrogen and oxygen atoms in total. The molecular weight excluding hydrogens is 1220 g/mol. The maximum atomic E-state index is 5.18. The van der Waals surface area contributed by atoms with E-state index in [1.54, 1.807) is 0 Å². The molecule has 16 rings (SSSR count). The highest BCUT2D eigenvalue weighted by molar-refractivity contribution is 5.86. The van der Waals surface area contributed by atoms with Gasteiger partial charge >= 0.3 is 0 Å². The van der Waals surface area contributed by atoms with Crippen LogP contribution in [0.15, 0.2) is 400 Å². The van der Waals surface area contributed by atoms with Gasteiger partial charge in [0, 0.05) is 102 Å². The summed E-state index contributed by atoms with van der Waals surface area (Å²) in [5.74, 6) is 1.35. The Labute approximate surface area is 583 Å². The van der Waals surface area contributed by atoms with Crippen LogP contribution in [0.4, 0.5) is 68.2 Å². The Kier molecular flexibility index (Phi) is 17.4. The molecule has 2 aromatic heterocycles. The zero-order valence-corrected chi connectivity index (χ0v) is 54.7. The van der Waals surface area contributed by atoms with E-state index in [1.807, 2.05) is 72.8 Å². The van der Waals surface area contributed by atoms with Crippen molar-refractivity contribution in [2.75, 3.05) is 19.6 Å². The molecule has 0 aliphatic rings. The van der Waals surface area contributed by atoms with Crippen LogP contribution in [0, 0.1) is 0 Å². The maximum absolute atomic E-state index is 5.18. The lowest BCUT2D eigenvalue weighted by Crippen LogP contribution is -2.12. The van der Waals surface area contributed by atoms with Crippen LogP contribution in [-0.2, 0) is 0 Å². The third kappa shape index (κ3) is 13.3. The van der Waals surface area contributed by atoms with E-state index in [4.69, 9.17) is 19.9 Å². The van der Waals surface area contributed by atoms with Gasteiger partial charge in [-0.25, -0.2) is 19.9 Å². The predicted molar refractivity (Wildman–Crippen MR) is 414 cm³/mol. The molecule has 8 heteroatoms. The predicted octanol–water partition coefficient (Wildman–Crippen LogP) is 24.8. The molecule has 0 spiro atoms. The van der Waals surface area contributed by atoms with Crippen LogP contribution in [0.2, 0.25) is 0 Å². The number of para-hydroxylation sites is 4. The lowest BCUT2D eigenvalue weighted by atomic mass is 10.0. The maximum Gasteiger partial charge on any atom is 0.160 e. The minimum atomic E-state index is 0.677. The van der Waals surface area contributed by atoms with Crippen molar-refractivity contribution in [1.82, 2.24) is 19.9 Å². The molecule has 0 saturated carbocycles. The molecule has 474 valence electrons. The quantitative estimate of drug-likeness (QED) is 0.0794. The van der Waals surface area contributed by atoms with Crippen molar-refractivity contribution in [3.63, 3.8) is 0 Å². The molecule has 0 fully saturated rings. The fourth-order valence-electron chi connectivity index (χ4n) is 12.9. The fraction of sp³-hybridized carbons (Fsp3) is 0. The SMILES string of the molecule is c1ccc(-c2cc(-c3ccc(N(c4ccc(-c5ccc(N(c6ccc(-c7cc(-c8ccccc8)nc(-c8ccccc8)n7)cc6)c6ccc(N(c7ccccc7)c7ccccc7)cc6)cc5)cc4)c4ccc(N(c5ccccc5)c5ccccc5)cc4)cc3)nc(-c3ccccc3)n2)cc1. The first kappa shape index (κ1) is 61.3. The van der Waals surface area contributed by atoms with Crippen LogP contribution in [0.1, 0.15) is 0 Å². The Morgan fingerprint density at radius 3 is 0.490 bits per heavy atom. The monoisotopic (exact) mass is 1280 g/mol. The molecule has 0 aliphatic carbocycles. The van der Waals surface area contributed by atoms with Gasteiger partial charge in [-0.15, -0.1) is 0 Å². The number of aromatic nitrogens is 4. The Hall–Kier alpha value is -13.6. The summed E-state index contributed by atoms with van der Waals surface area (Å²) in [5, 5.41) is 0. The van der Waals surface area contributed by atoms with Crippen LogP contribution >= 0.6 is 0 Å². The normalized spacial score (nSPS) is 11.0. The summed E-state index contributed by atoms with van der Waals surface area (Å²) in [6.45, 7) is 0. The summed E-state index contributed by atoms with van der Waals surface area (Å²) < 4.78 is 0. The van der Waals surface area contributed by atoms with Gasteiger partial charge in [0.05, 0.1) is 22.8 Å². The summed E-state index contributed by atoms with van der Waals surface area (Å²) in [6.07, 6.45) is 0. The molecule has 0 aliphatic heterocycles. The molecule has 2 heterocycles. The van der Waals surface area contributed by atoms with Crippen molar-refractivity contribution in [2.45, 2.75) is 0 Å². The summed E-state index contributed by atoms with van der Waals surface area (Å²) in [7, 11) is 0. The van der Waals surface area contributed by atoms with Crippen LogP contribution in [0.5, 0.6) is 0 Å². The third-order valence-electron chi connectivity index (χ3n) is 17.9. The van der Waals surface area contributed by atoms with E-state index < -0.39 is 0 Å². The number of anilines is 12. The highest BCUT2D eigenvalue weighted by atomic mass is 15.2. The van der Waals surface area contributed by atoms with Gasteiger partial charge in [0.25, 0.3) is 0 Å². The number of hydrogen-bond donors (Lipinski definition) is 0. The van der Waals surface area contributed by atoms with Gasteiger partial charge in [-0.2, -0.15) is 0 Å². The first-order valence-corrected chi connectivity index (χ1v) is 33.6. The van der Waals surface area contributed by atoms with E-state index in [-0.39, 0.29) is 0 Å². The van der Waals surface area contributed by atoms with Crippen molar-refractivity contribution in [3.05, 3.63) is 400 Å². The first-order valence-electron chi connectivity index (χ1n) is 33.6. The summed E-state index contributed by atoms with van der Waals surface area (Å²) >= 11 is 0. The van der Waals surface area contributed by atoms with Gasteiger partial charge in [-0.1, -0.05) is 243 Å². The van der Waals surface area contributed by atoms with E-state index in [0.717, 1.165) is 136 Å². The van der Waals surface area contributed by atoms with Crippen LogP contribution in [0.3, 0.4) is 0 Å². The standard InChI is InChI=1S/C92H66N8/c1-9-25-69(26-10-1)87-65-89(95-91(93-87)73-29-13-3-14-30-73)71-45-53-81(54-46-71)99(85-61-57-83(58-62-85)97(75-33-17-5-18-34-75)76-35-19-6-20-36-76)79-49-41-67(42-50-79)68-43-51-80(52-44-68)100(86-63-59-84(60-64-86)98(77-37-21-7-22-38-77)78-39-23-8-24-40-78)82-55-47-72(48-56-82)90-66-88(70-27-11-2-12-28-70)94-92(96-90)74-31-15-4-16-32-74/h1-66H. The lowest BCUT2D eigenvalue weighted by Gasteiger charge is -2.29. The van der Waals surface area contributed by atoms with Crippen molar-refractivity contribution in [1.29, 1.82) is 0 Å². The highest BCUT2D eigenvalue weighted by Crippen LogP contribution is 2.44. The molecule has 0 N–H and O–H groups in total. The van der Waals surface area contributed by atoms with Gasteiger partial charge in [0.1, 0.15) is 0 Å². The first-order chi connectivity index (χ1) is 49.6. The highest BCUT2D eigenvalue weighted by Gasteiger charge is 2.21. The fourth-order valence-corrected chi connectivity index (χ4v) is 12.9. The average molecular weight is 1280 g/mol. The van der Waals surface area contributed by atoms with E-state index in [0.29, 0.717) is 11.6 Å². The molecule has 0 atom stereocenters. The Balaban J connectivity index is 0.750. The molecule has 0 unspecified atom stereocenters. The van der Waals surface area contributed by atoms with Crippen LogP contribution in [0.25, 0.3) is 78.9 Å². The van der Waals surface area contributed by atoms with Crippen molar-refractivity contribution in [2.24, 2.45) is 0 Å². The smallest absolute Gasteiger partial charge is 0.160 e. The molecule has 16 aromatic rings. The molecular formula is C92H66N8. The lowest BCUT2D eigenvalue weighted by molar-refractivity contribution is 1.18. The number of nitrogens with zero attached hydrogens (tertiary/aromatic N) is 8. The van der Waals surface area contributed by atoms with E-state index >= 15 is 0 Å². The largest absolute Gasteiger partial charge is 0.311 e. The van der Waals surface area contributed by atoms with Gasteiger partial charge in [-0.3, -0.25) is 0 Å². The minimum absolute atomic E-state index is 0.677. The van der Waals surface area contributed by atoms with Gasteiger partial charge in [0.2, 0.25) is 0 Å². The van der Waals surface area contributed by atoms with Crippen molar-refractivity contribution < 1.29 is 0 Å². The van der Waals surface area contributed by atoms with E-state index in [1.165, 1.54) is 0 Å². The summed E-state index contributed by atoms with van der Waals surface area (Å²) in [4.78, 5) is 29.7. The number of benzene rings is 14. The van der Waals surface area contributed by atoms with Gasteiger partial charge < -0.3 is 19.6 Å². The molecule has 0 saturated heterocycles. The Bertz CT molecular complexity index is 4800. The Morgan fingerprint density at radius 1 is 0.130 bits per heavy atom. The van der Waals surface area contributed by atoms with Gasteiger partial charge in [-0.05, 0) is 169 Å². The van der Waals surface area contributed by atoms with E-state index in [9.17, 15) is 0 Å². The third-order valence-corrected chi connectivity index (χ3v) is 17.9. The van der Waals surface area contributed by atoms with Crippen LogP contribution < -0.4 is 19.6 Å². The summed E-state index contributed by atoms with van der Waals surface area (Å²) in [5.41, 5.74) is 24.0. The number of rotatable bonds is 19. The molecule has 0 radical (unpaired) electrons. The minimum Gasteiger partial charge on any atom is -0.311 e. The van der Waals surface area contributed by atoms with Crippen molar-refractivity contribution >= 4 is 68.2 Å². The molecule has 0 bridgehead atoms. The average Bonchev–Trinajstić information content (AvgIpc) is 0.803. The number of hydrogen-bond acceptors (Lipinski definition) is 8. The zero-order chi connectivity index (χ0) is 66.8. The van der Waals surface area contributed by atoms with Crippen LogP contribution in [-0.4, -0.2) is 19.9 Å². The zero-order valence-electron chi connectivity index (χ0n) is 54.7. The molecule has 14 aromatic carbocycles. The van der Waals surface area contributed by atoms with Crippen molar-refractivity contribution in [3.8, 4) is 78.9 Å². The summed E-state index contributed by atoms with van der Waals surface area (Å²) in [6, 6.07) is 140. The second kappa shape index (κ2) is 28.4. The molecule has 0 amide bonds. The second-order valence-corrected chi connectivity index (χ2v) is 24.3. The van der Waals surface area contributed by atoms with Gasteiger partial charge in [0.15, 0.2) is 11.6 Å². The van der Waals surface area contributed by atoms with E-state index in [2.05, 4.69) is 347 Å². The molecule has 100 heavy (non-hydrogen) atoms. The second-order valence-electron chi connectivity index (χ2n) is 24.3. The topological polar surface area (TPSA) is 64.5 Å².